The normalized spacial score (nSPS) is 24.6. The predicted octanol–water partition coefficient (Wildman–Crippen LogP) is 2.73. The average molecular weight is 598 g/mol. The Kier molecular flexibility index (Phi) is 10.9. The van der Waals surface area contributed by atoms with Gasteiger partial charge in [-0.3, -0.25) is 14.4 Å². The van der Waals surface area contributed by atoms with Crippen molar-refractivity contribution in [1.29, 1.82) is 0 Å². The maximum absolute atomic E-state index is 13.5. The van der Waals surface area contributed by atoms with E-state index >= 15 is 0 Å². The molecule has 0 aliphatic carbocycles. The lowest BCUT2D eigenvalue weighted by molar-refractivity contribution is -0.222. The van der Waals surface area contributed by atoms with E-state index in [0.717, 1.165) is 11.1 Å². The summed E-state index contributed by atoms with van der Waals surface area (Å²) in [5.41, 5.74) is 2.00. The lowest BCUT2D eigenvalue weighted by Crippen LogP contribution is -2.55. The second-order valence-electron chi connectivity index (χ2n) is 11.9. The van der Waals surface area contributed by atoms with Crippen LogP contribution in [0.25, 0.3) is 0 Å². The molecule has 11 heteroatoms. The van der Waals surface area contributed by atoms with Crippen molar-refractivity contribution >= 4 is 17.8 Å². The van der Waals surface area contributed by atoms with Gasteiger partial charge >= 0.3 is 5.97 Å². The molecule has 2 aromatic rings. The van der Waals surface area contributed by atoms with Gasteiger partial charge in [-0.15, -0.1) is 0 Å². The predicted molar refractivity (Wildman–Crippen MR) is 157 cm³/mol. The molecule has 43 heavy (non-hydrogen) atoms. The van der Waals surface area contributed by atoms with Crippen molar-refractivity contribution in [3.8, 4) is 0 Å². The van der Waals surface area contributed by atoms with Gasteiger partial charge in [0.05, 0.1) is 6.61 Å². The van der Waals surface area contributed by atoms with Gasteiger partial charge in [-0.2, -0.15) is 0 Å². The van der Waals surface area contributed by atoms with Crippen LogP contribution in [-0.4, -0.2) is 71.4 Å². The summed E-state index contributed by atoms with van der Waals surface area (Å²) in [6.07, 6.45) is -2.43. The molecule has 2 aliphatic rings. The number of aliphatic carboxylic acids is 1. The highest BCUT2D eigenvalue weighted by molar-refractivity contribution is 5.90. The van der Waals surface area contributed by atoms with Crippen LogP contribution in [0.5, 0.6) is 0 Å². The zero-order valence-electron chi connectivity index (χ0n) is 25.3. The molecule has 2 amide bonds. The molecule has 2 aliphatic heterocycles. The van der Waals surface area contributed by atoms with Crippen molar-refractivity contribution in [3.05, 3.63) is 71.8 Å². The van der Waals surface area contributed by atoms with Crippen LogP contribution in [0.2, 0.25) is 0 Å². The van der Waals surface area contributed by atoms with E-state index in [1.54, 1.807) is 13.8 Å². The van der Waals surface area contributed by atoms with Gasteiger partial charge in [-0.05, 0) is 37.8 Å². The third-order valence-corrected chi connectivity index (χ3v) is 7.52. The van der Waals surface area contributed by atoms with Gasteiger partial charge < -0.3 is 40.0 Å². The van der Waals surface area contributed by atoms with E-state index in [9.17, 15) is 19.5 Å². The summed E-state index contributed by atoms with van der Waals surface area (Å²) in [4.78, 5) is 37.6. The van der Waals surface area contributed by atoms with Crippen LogP contribution >= 0.6 is 0 Å². The highest BCUT2D eigenvalue weighted by Gasteiger charge is 2.57. The Morgan fingerprint density at radius 2 is 1.56 bits per heavy atom. The molecule has 4 N–H and O–H groups in total. The molecule has 0 radical (unpaired) electrons. The molecule has 7 atom stereocenters. The quantitative estimate of drug-likeness (QED) is 0.258. The SMILES string of the molecule is CC(C)[C@H](NC(=O)C[C@@H](NCc1ccccc1)C1O[C@@H]2OC(C)(C)O[C@@H]2[C@H]1OCc1ccccc1)C(=O)N[C@@H](C)C(=O)O. The van der Waals surface area contributed by atoms with Crippen LogP contribution in [0.4, 0.5) is 0 Å². The minimum atomic E-state index is -1.16. The second-order valence-corrected chi connectivity index (χ2v) is 11.9. The van der Waals surface area contributed by atoms with Crippen molar-refractivity contribution < 1.29 is 38.4 Å². The number of fused-ring (bicyclic) bond motifs is 1. The van der Waals surface area contributed by atoms with E-state index in [1.165, 1.54) is 6.92 Å². The van der Waals surface area contributed by atoms with Crippen molar-refractivity contribution in [2.75, 3.05) is 0 Å². The standard InChI is InChI=1S/C32H43N3O8/c1-19(2)25(29(37)34-20(3)30(38)39)35-24(36)16-23(33-17-21-12-8-6-9-13-21)26-27(40-18-22-14-10-7-11-15-22)28-31(41-26)43-32(4,5)42-28/h6-15,19-20,23,25-28,31,33H,16-18H2,1-5H3,(H,34,37)(H,35,36)(H,38,39)/t20-,23+,25-,26?,27-,28+,31+/m0/s1. The smallest absolute Gasteiger partial charge is 0.325 e. The maximum atomic E-state index is 13.5. The molecule has 2 heterocycles. The summed E-state index contributed by atoms with van der Waals surface area (Å²) in [7, 11) is 0. The van der Waals surface area contributed by atoms with Crippen LogP contribution in [0, 0.1) is 5.92 Å². The van der Waals surface area contributed by atoms with Crippen LogP contribution in [-0.2, 0) is 46.5 Å². The molecular formula is C32H43N3O8. The minimum Gasteiger partial charge on any atom is -0.480 e. The van der Waals surface area contributed by atoms with Crippen molar-refractivity contribution in [1.82, 2.24) is 16.0 Å². The first kappa shape index (κ1) is 32.6. The second kappa shape index (κ2) is 14.4. The molecule has 4 rings (SSSR count). The van der Waals surface area contributed by atoms with E-state index < -0.39 is 66.3 Å². The topological polar surface area (TPSA) is 144 Å². The summed E-state index contributed by atoms with van der Waals surface area (Å²) in [5, 5.41) is 17.9. The molecule has 2 fully saturated rings. The Morgan fingerprint density at radius 3 is 2.16 bits per heavy atom. The zero-order valence-corrected chi connectivity index (χ0v) is 25.3. The van der Waals surface area contributed by atoms with E-state index in [1.807, 2.05) is 74.5 Å². The molecule has 2 aromatic carbocycles. The number of carbonyl (C=O) groups excluding carboxylic acids is 2. The number of carbonyl (C=O) groups is 3. The Labute approximate surface area is 252 Å². The van der Waals surface area contributed by atoms with Crippen LogP contribution in [0.1, 0.15) is 52.2 Å². The first-order valence-corrected chi connectivity index (χ1v) is 14.7. The first-order chi connectivity index (χ1) is 20.4. The first-order valence-electron chi connectivity index (χ1n) is 14.7. The fourth-order valence-corrected chi connectivity index (χ4v) is 5.27. The van der Waals surface area contributed by atoms with Gasteiger partial charge in [0.15, 0.2) is 12.1 Å². The number of amides is 2. The number of carboxylic acids is 1. The zero-order chi connectivity index (χ0) is 31.1. The van der Waals surface area contributed by atoms with Gasteiger partial charge in [0.2, 0.25) is 11.8 Å². The Balaban J connectivity index is 1.54. The van der Waals surface area contributed by atoms with Crippen LogP contribution in [0.3, 0.4) is 0 Å². The summed E-state index contributed by atoms with van der Waals surface area (Å²) in [6.45, 7) is 9.35. The highest BCUT2D eigenvalue weighted by Crippen LogP contribution is 2.40. The summed E-state index contributed by atoms with van der Waals surface area (Å²) >= 11 is 0. The van der Waals surface area contributed by atoms with Crippen LogP contribution < -0.4 is 16.0 Å². The van der Waals surface area contributed by atoms with Crippen LogP contribution in [0.15, 0.2) is 60.7 Å². The lowest BCUT2D eigenvalue weighted by Gasteiger charge is -2.32. The van der Waals surface area contributed by atoms with Gasteiger partial charge in [0.1, 0.15) is 30.4 Å². The monoisotopic (exact) mass is 597 g/mol. The number of carboxylic acid groups (broad SMARTS) is 1. The number of rotatable bonds is 14. The third-order valence-electron chi connectivity index (χ3n) is 7.52. The molecule has 0 saturated carbocycles. The van der Waals surface area contributed by atoms with Gasteiger partial charge in [-0.1, -0.05) is 74.5 Å². The Morgan fingerprint density at radius 1 is 0.930 bits per heavy atom. The third kappa shape index (κ3) is 8.84. The maximum Gasteiger partial charge on any atom is 0.325 e. The van der Waals surface area contributed by atoms with E-state index in [4.69, 9.17) is 18.9 Å². The molecular weight excluding hydrogens is 554 g/mol. The highest BCUT2D eigenvalue weighted by atomic mass is 16.8. The summed E-state index contributed by atoms with van der Waals surface area (Å²) in [5.74, 6) is -3.26. The molecule has 2 saturated heterocycles. The Hall–Kier alpha value is -3.35. The molecule has 1 unspecified atom stereocenters. The lowest BCUT2D eigenvalue weighted by atomic mass is 9.98. The van der Waals surface area contributed by atoms with Crippen molar-refractivity contribution in [2.45, 2.75) is 103 Å². The number of ether oxygens (including phenoxy) is 4. The van der Waals surface area contributed by atoms with Crippen molar-refractivity contribution in [3.63, 3.8) is 0 Å². The largest absolute Gasteiger partial charge is 0.480 e. The van der Waals surface area contributed by atoms with Gasteiger partial charge in [0, 0.05) is 19.0 Å². The summed E-state index contributed by atoms with van der Waals surface area (Å²) in [6, 6.07) is 17.0. The Bertz CT molecular complexity index is 1230. The van der Waals surface area contributed by atoms with E-state index in [2.05, 4.69) is 16.0 Å². The fraction of sp³-hybridized carbons (Fsp3) is 0.531. The van der Waals surface area contributed by atoms with Gasteiger partial charge in [-0.25, -0.2) is 0 Å². The molecule has 11 nitrogen and oxygen atoms in total. The van der Waals surface area contributed by atoms with E-state index in [-0.39, 0.29) is 12.3 Å². The average Bonchev–Trinajstić information content (AvgIpc) is 3.44. The number of hydrogen-bond acceptors (Lipinski definition) is 8. The molecule has 0 bridgehead atoms. The number of hydrogen-bond donors (Lipinski definition) is 4. The molecule has 234 valence electrons. The number of benzene rings is 2. The van der Waals surface area contributed by atoms with Crippen molar-refractivity contribution in [2.24, 2.45) is 5.92 Å². The number of nitrogens with one attached hydrogen (secondary N) is 3. The molecule has 0 aromatic heterocycles. The fourth-order valence-electron chi connectivity index (χ4n) is 5.27. The van der Waals surface area contributed by atoms with Gasteiger partial charge in [0.25, 0.3) is 0 Å². The summed E-state index contributed by atoms with van der Waals surface area (Å²) < 4.78 is 25.1. The molecule has 0 spiro atoms. The van der Waals surface area contributed by atoms with E-state index in [0.29, 0.717) is 13.2 Å². The minimum absolute atomic E-state index is 0.0451.